The van der Waals surface area contributed by atoms with Crippen LogP contribution in [-0.2, 0) is 13.0 Å². The fourth-order valence-electron chi connectivity index (χ4n) is 1.34. The van der Waals surface area contributed by atoms with Gasteiger partial charge in [0, 0.05) is 12.1 Å². The van der Waals surface area contributed by atoms with Crippen LogP contribution in [0.25, 0.3) is 0 Å². The van der Waals surface area contributed by atoms with Gasteiger partial charge in [0.2, 0.25) is 5.88 Å². The predicted octanol–water partition coefficient (Wildman–Crippen LogP) is 0.803. The third kappa shape index (κ3) is 2.21. The highest BCUT2D eigenvalue weighted by Gasteiger charge is 2.08. The minimum absolute atomic E-state index is 0.709. The maximum absolute atomic E-state index is 5.44. The number of methoxy groups -OCH3 is 1. The highest BCUT2D eigenvalue weighted by molar-refractivity contribution is 5.24. The van der Waals surface area contributed by atoms with Crippen molar-refractivity contribution in [2.24, 2.45) is 5.73 Å². The number of ether oxygens (including phenoxy) is 1. The number of hydrogen-bond acceptors (Lipinski definition) is 3. The molecule has 0 amide bonds. The molecule has 1 aromatic heterocycles. The minimum atomic E-state index is 0.709. The van der Waals surface area contributed by atoms with Crippen molar-refractivity contribution in [3.05, 3.63) is 11.8 Å². The minimum Gasteiger partial charge on any atom is -0.481 e. The van der Waals surface area contributed by atoms with Gasteiger partial charge >= 0.3 is 0 Å². The molecule has 0 aromatic carbocycles. The fourth-order valence-corrected chi connectivity index (χ4v) is 1.34. The Hall–Kier alpha value is -1.03. The van der Waals surface area contributed by atoms with Crippen LogP contribution in [0, 0.1) is 0 Å². The Morgan fingerprint density at radius 3 is 2.92 bits per heavy atom. The largest absolute Gasteiger partial charge is 0.481 e. The molecule has 1 heterocycles. The Morgan fingerprint density at radius 1 is 1.62 bits per heavy atom. The van der Waals surface area contributed by atoms with E-state index in [0.717, 1.165) is 30.8 Å². The second-order valence-electron chi connectivity index (χ2n) is 2.89. The van der Waals surface area contributed by atoms with Gasteiger partial charge in [-0.05, 0) is 26.3 Å². The summed E-state index contributed by atoms with van der Waals surface area (Å²) in [6, 6.07) is 0. The summed E-state index contributed by atoms with van der Waals surface area (Å²) in [6.07, 6.45) is 3.78. The van der Waals surface area contributed by atoms with Gasteiger partial charge in [0.05, 0.1) is 13.3 Å². The molecule has 0 saturated heterocycles. The van der Waals surface area contributed by atoms with E-state index in [1.54, 1.807) is 7.11 Å². The highest BCUT2D eigenvalue weighted by Crippen LogP contribution is 2.18. The van der Waals surface area contributed by atoms with E-state index in [9.17, 15) is 0 Å². The molecule has 2 N–H and O–H groups in total. The zero-order valence-electron chi connectivity index (χ0n) is 8.29. The van der Waals surface area contributed by atoms with Gasteiger partial charge in [0.15, 0.2) is 0 Å². The fraction of sp³-hybridized carbons (Fsp3) is 0.667. The first-order valence-electron chi connectivity index (χ1n) is 4.62. The van der Waals surface area contributed by atoms with Gasteiger partial charge in [-0.25, -0.2) is 4.68 Å². The Labute approximate surface area is 78.7 Å². The summed E-state index contributed by atoms with van der Waals surface area (Å²) < 4.78 is 7.12. The van der Waals surface area contributed by atoms with Gasteiger partial charge in [-0.2, -0.15) is 5.10 Å². The van der Waals surface area contributed by atoms with Crippen LogP contribution in [0.1, 0.15) is 18.9 Å². The monoisotopic (exact) mass is 183 g/mol. The maximum Gasteiger partial charge on any atom is 0.214 e. The topological polar surface area (TPSA) is 53.1 Å². The third-order valence-electron chi connectivity index (χ3n) is 2.01. The summed E-state index contributed by atoms with van der Waals surface area (Å²) in [6.45, 7) is 3.59. The van der Waals surface area contributed by atoms with Crippen molar-refractivity contribution in [3.8, 4) is 5.88 Å². The molecule has 0 aliphatic carbocycles. The van der Waals surface area contributed by atoms with Crippen LogP contribution in [0.3, 0.4) is 0 Å². The van der Waals surface area contributed by atoms with Gasteiger partial charge in [-0.3, -0.25) is 0 Å². The van der Waals surface area contributed by atoms with Gasteiger partial charge in [-0.1, -0.05) is 0 Å². The molecule has 0 saturated carbocycles. The van der Waals surface area contributed by atoms with Crippen molar-refractivity contribution < 1.29 is 4.74 Å². The Bertz CT molecular complexity index is 257. The van der Waals surface area contributed by atoms with E-state index in [4.69, 9.17) is 10.5 Å². The smallest absolute Gasteiger partial charge is 0.214 e. The molecule has 0 fully saturated rings. The van der Waals surface area contributed by atoms with E-state index in [2.05, 4.69) is 5.10 Å². The lowest BCUT2D eigenvalue weighted by molar-refractivity contribution is 0.359. The van der Waals surface area contributed by atoms with Crippen LogP contribution < -0.4 is 10.5 Å². The number of rotatable bonds is 5. The van der Waals surface area contributed by atoms with Crippen molar-refractivity contribution >= 4 is 0 Å². The molecular weight excluding hydrogens is 166 g/mol. The highest BCUT2D eigenvalue weighted by atomic mass is 16.5. The van der Waals surface area contributed by atoms with Gasteiger partial charge < -0.3 is 10.5 Å². The standard InChI is InChI=1S/C9H17N3O/c1-3-12-9(13-2)8(7-11-12)5-4-6-10/h7H,3-6,10H2,1-2H3. The lowest BCUT2D eigenvalue weighted by Gasteiger charge is -2.05. The summed E-state index contributed by atoms with van der Waals surface area (Å²) in [7, 11) is 1.68. The van der Waals surface area contributed by atoms with Crippen molar-refractivity contribution in [2.75, 3.05) is 13.7 Å². The second kappa shape index (κ2) is 4.87. The molecule has 0 bridgehead atoms. The van der Waals surface area contributed by atoms with Gasteiger partial charge in [0.1, 0.15) is 0 Å². The second-order valence-corrected chi connectivity index (χ2v) is 2.89. The molecule has 4 nitrogen and oxygen atoms in total. The molecular formula is C9H17N3O. The average Bonchev–Trinajstić information content (AvgIpc) is 2.56. The van der Waals surface area contributed by atoms with E-state index in [0.29, 0.717) is 6.54 Å². The molecule has 4 heteroatoms. The molecule has 0 unspecified atom stereocenters. The SMILES string of the molecule is CCn1ncc(CCCN)c1OC. The molecule has 13 heavy (non-hydrogen) atoms. The molecule has 0 spiro atoms. The number of nitrogens with two attached hydrogens (primary N) is 1. The van der Waals surface area contributed by atoms with E-state index in [1.165, 1.54) is 0 Å². The molecule has 74 valence electrons. The van der Waals surface area contributed by atoms with Crippen LogP contribution in [0.5, 0.6) is 5.88 Å². The molecule has 0 atom stereocenters. The summed E-state index contributed by atoms with van der Waals surface area (Å²) >= 11 is 0. The zero-order valence-corrected chi connectivity index (χ0v) is 8.29. The molecule has 0 radical (unpaired) electrons. The van der Waals surface area contributed by atoms with Crippen molar-refractivity contribution in [1.82, 2.24) is 9.78 Å². The molecule has 0 aliphatic heterocycles. The van der Waals surface area contributed by atoms with Crippen molar-refractivity contribution in [2.45, 2.75) is 26.3 Å². The molecule has 1 rings (SSSR count). The van der Waals surface area contributed by atoms with E-state index >= 15 is 0 Å². The van der Waals surface area contributed by atoms with Crippen LogP contribution in [0.15, 0.2) is 6.20 Å². The summed E-state index contributed by atoms with van der Waals surface area (Å²) in [5.41, 5.74) is 6.59. The maximum atomic E-state index is 5.44. The van der Waals surface area contributed by atoms with Crippen molar-refractivity contribution in [3.63, 3.8) is 0 Å². The lowest BCUT2D eigenvalue weighted by Crippen LogP contribution is -2.03. The number of aryl methyl sites for hydroxylation is 2. The van der Waals surface area contributed by atoms with Crippen molar-refractivity contribution in [1.29, 1.82) is 0 Å². The number of hydrogen-bond donors (Lipinski definition) is 1. The Morgan fingerprint density at radius 2 is 2.38 bits per heavy atom. The Kier molecular flexibility index (Phi) is 3.76. The first-order valence-corrected chi connectivity index (χ1v) is 4.62. The number of nitrogens with zero attached hydrogens (tertiary/aromatic N) is 2. The summed E-state index contributed by atoms with van der Waals surface area (Å²) in [4.78, 5) is 0. The average molecular weight is 183 g/mol. The first kappa shape index (κ1) is 10.1. The zero-order chi connectivity index (χ0) is 9.68. The van der Waals surface area contributed by atoms with Crippen LogP contribution in [0.4, 0.5) is 0 Å². The predicted molar refractivity (Wildman–Crippen MR) is 51.8 cm³/mol. The summed E-state index contributed by atoms with van der Waals surface area (Å²) in [5, 5.41) is 4.21. The quantitative estimate of drug-likeness (QED) is 0.734. The van der Waals surface area contributed by atoms with E-state index in [-0.39, 0.29) is 0 Å². The molecule has 0 aliphatic rings. The van der Waals surface area contributed by atoms with Crippen LogP contribution in [0.2, 0.25) is 0 Å². The summed E-state index contributed by atoms with van der Waals surface area (Å²) in [5.74, 6) is 0.871. The van der Waals surface area contributed by atoms with Crippen LogP contribution >= 0.6 is 0 Å². The van der Waals surface area contributed by atoms with Gasteiger partial charge in [0.25, 0.3) is 0 Å². The first-order chi connectivity index (χ1) is 6.33. The Balaban J connectivity index is 2.75. The molecule has 1 aromatic rings. The third-order valence-corrected chi connectivity index (χ3v) is 2.01. The number of aromatic nitrogens is 2. The lowest BCUT2D eigenvalue weighted by atomic mass is 10.2. The van der Waals surface area contributed by atoms with E-state index < -0.39 is 0 Å². The van der Waals surface area contributed by atoms with Crippen LogP contribution in [-0.4, -0.2) is 23.4 Å². The normalized spacial score (nSPS) is 10.4. The van der Waals surface area contributed by atoms with Gasteiger partial charge in [-0.15, -0.1) is 0 Å². The van der Waals surface area contributed by atoms with E-state index in [1.807, 2.05) is 17.8 Å².